The highest BCUT2D eigenvalue weighted by Crippen LogP contribution is 2.34. The predicted octanol–water partition coefficient (Wildman–Crippen LogP) is 4.62. The lowest BCUT2D eigenvalue weighted by Gasteiger charge is -2.39. The number of aryl methyl sites for hydroxylation is 2. The number of fused-ring (bicyclic) bond motifs is 1. The minimum atomic E-state index is -0.266. The van der Waals surface area contributed by atoms with Crippen molar-refractivity contribution in [3.05, 3.63) is 76.7 Å². The van der Waals surface area contributed by atoms with Gasteiger partial charge >= 0.3 is 0 Å². The Morgan fingerprint density at radius 3 is 2.69 bits per heavy atom. The number of rotatable bonds is 6. The number of anilines is 1. The number of ether oxygens (including phenoxy) is 2. The lowest BCUT2D eigenvalue weighted by atomic mass is 10.0. The molecule has 2 aliphatic rings. The van der Waals surface area contributed by atoms with E-state index in [9.17, 15) is 4.79 Å². The lowest BCUT2D eigenvalue weighted by molar-refractivity contribution is 0.0427. The van der Waals surface area contributed by atoms with Crippen LogP contribution in [0.15, 0.2) is 53.1 Å². The molecule has 3 aromatic rings. The minimum Gasteiger partial charge on any atom is -0.489 e. The van der Waals surface area contributed by atoms with Crippen LogP contribution in [0.2, 0.25) is 0 Å². The van der Waals surface area contributed by atoms with E-state index in [2.05, 4.69) is 10.5 Å². The Balaban J connectivity index is 1.36. The van der Waals surface area contributed by atoms with Crippen molar-refractivity contribution in [3.8, 4) is 5.75 Å². The third kappa shape index (κ3) is 3.96. The first kappa shape index (κ1) is 20.6. The van der Waals surface area contributed by atoms with Gasteiger partial charge < -0.3 is 24.2 Å². The molecule has 2 atom stereocenters. The third-order valence-corrected chi connectivity index (χ3v) is 6.21. The molecule has 5 rings (SSSR count). The number of nitrogens with one attached hydrogen (secondary N) is 1. The maximum absolute atomic E-state index is 13.3. The van der Waals surface area contributed by atoms with Crippen LogP contribution in [-0.2, 0) is 11.3 Å². The van der Waals surface area contributed by atoms with E-state index in [-0.39, 0.29) is 18.2 Å². The van der Waals surface area contributed by atoms with Crippen LogP contribution >= 0.6 is 0 Å². The molecule has 166 valence electrons. The summed E-state index contributed by atoms with van der Waals surface area (Å²) in [7, 11) is 0. The predicted molar refractivity (Wildman–Crippen MR) is 120 cm³/mol. The summed E-state index contributed by atoms with van der Waals surface area (Å²) in [5.41, 5.74) is 4.35. The van der Waals surface area contributed by atoms with Crippen molar-refractivity contribution < 1.29 is 18.8 Å². The normalized spacial score (nSPS) is 20.2. The summed E-state index contributed by atoms with van der Waals surface area (Å²) in [6.45, 7) is 5.52. The van der Waals surface area contributed by atoms with Gasteiger partial charge in [0.25, 0.3) is 5.91 Å². The molecule has 1 fully saturated rings. The average Bonchev–Trinajstić information content (AvgIpc) is 3.44. The number of para-hydroxylation sites is 1. The van der Waals surface area contributed by atoms with Gasteiger partial charge in [0.05, 0.1) is 22.9 Å². The van der Waals surface area contributed by atoms with Gasteiger partial charge in [0.1, 0.15) is 24.3 Å². The van der Waals surface area contributed by atoms with Crippen LogP contribution in [0.25, 0.3) is 0 Å². The summed E-state index contributed by atoms with van der Waals surface area (Å²) in [5, 5.41) is 7.51. The second-order valence-electron chi connectivity index (χ2n) is 8.35. The maximum atomic E-state index is 13.3. The van der Waals surface area contributed by atoms with Crippen molar-refractivity contribution in [1.82, 2.24) is 10.1 Å². The van der Waals surface area contributed by atoms with Gasteiger partial charge in [-0.25, -0.2) is 0 Å². The van der Waals surface area contributed by atoms with Crippen molar-refractivity contribution in [2.24, 2.45) is 0 Å². The first-order chi connectivity index (χ1) is 15.6. The van der Waals surface area contributed by atoms with E-state index in [0.717, 1.165) is 53.5 Å². The molecule has 1 amide bonds. The van der Waals surface area contributed by atoms with Gasteiger partial charge in [0, 0.05) is 18.8 Å². The molecule has 7 nitrogen and oxygen atoms in total. The number of amides is 1. The fraction of sp³-hybridized carbons (Fsp3) is 0.360. The number of hydrogen-bond acceptors (Lipinski definition) is 6. The Morgan fingerprint density at radius 1 is 1.16 bits per heavy atom. The van der Waals surface area contributed by atoms with E-state index in [4.69, 9.17) is 14.0 Å². The summed E-state index contributed by atoms with van der Waals surface area (Å²) in [6, 6.07) is 15.5. The van der Waals surface area contributed by atoms with Crippen LogP contribution < -0.4 is 10.1 Å². The summed E-state index contributed by atoms with van der Waals surface area (Å²) < 4.78 is 17.0. The zero-order valence-electron chi connectivity index (χ0n) is 18.3. The second-order valence-corrected chi connectivity index (χ2v) is 8.35. The van der Waals surface area contributed by atoms with Gasteiger partial charge in [-0.15, -0.1) is 0 Å². The van der Waals surface area contributed by atoms with Crippen molar-refractivity contribution in [1.29, 1.82) is 0 Å². The minimum absolute atomic E-state index is 0.0265. The van der Waals surface area contributed by atoms with E-state index >= 15 is 0 Å². The van der Waals surface area contributed by atoms with Crippen molar-refractivity contribution >= 4 is 11.6 Å². The quantitative estimate of drug-likeness (QED) is 0.612. The number of nitrogens with zero attached hydrogens (tertiary/aromatic N) is 2. The monoisotopic (exact) mass is 433 g/mol. The molecular formula is C25H27N3O4. The zero-order chi connectivity index (χ0) is 22.1. The Labute approximate surface area is 187 Å². The standard InChI is InChI=1S/C25H27N3O4/c1-16-22(17(2)32-27-16)15-31-19-11-9-18(10-12-19)24-26-23-8-4-3-7-21(23)25(29)28(24)14-20-6-5-13-30-20/h3-4,7-12,20,24,26H,5-6,13-15H2,1-2H3/t20-,24-/m1/s1. The molecule has 2 aromatic carbocycles. The zero-order valence-corrected chi connectivity index (χ0v) is 18.3. The van der Waals surface area contributed by atoms with Crippen LogP contribution in [0.3, 0.4) is 0 Å². The summed E-state index contributed by atoms with van der Waals surface area (Å²) in [4.78, 5) is 15.2. The smallest absolute Gasteiger partial charge is 0.257 e. The third-order valence-electron chi connectivity index (χ3n) is 6.21. The number of carbonyl (C=O) groups excluding carboxylic acids is 1. The molecule has 1 saturated heterocycles. The van der Waals surface area contributed by atoms with Crippen molar-refractivity contribution in [2.45, 2.75) is 45.6 Å². The van der Waals surface area contributed by atoms with Crippen LogP contribution in [0, 0.1) is 13.8 Å². The highest BCUT2D eigenvalue weighted by Gasteiger charge is 2.35. The van der Waals surface area contributed by atoms with E-state index in [1.807, 2.05) is 67.3 Å². The maximum Gasteiger partial charge on any atom is 0.257 e. The molecule has 2 aliphatic heterocycles. The summed E-state index contributed by atoms with van der Waals surface area (Å²) in [6.07, 6.45) is 1.83. The molecule has 0 bridgehead atoms. The van der Waals surface area contributed by atoms with Crippen LogP contribution in [0.1, 0.15) is 51.9 Å². The summed E-state index contributed by atoms with van der Waals surface area (Å²) in [5.74, 6) is 1.55. The second kappa shape index (κ2) is 8.67. The molecule has 0 unspecified atom stereocenters. The highest BCUT2D eigenvalue weighted by atomic mass is 16.5. The fourth-order valence-electron chi connectivity index (χ4n) is 4.36. The van der Waals surface area contributed by atoms with Crippen LogP contribution in [-0.4, -0.2) is 35.2 Å². The van der Waals surface area contributed by atoms with Gasteiger partial charge in [-0.1, -0.05) is 29.4 Å². The molecule has 1 aromatic heterocycles. The number of benzene rings is 2. The van der Waals surface area contributed by atoms with E-state index < -0.39 is 0 Å². The van der Waals surface area contributed by atoms with Crippen LogP contribution in [0.5, 0.6) is 5.75 Å². The van der Waals surface area contributed by atoms with Gasteiger partial charge in [-0.3, -0.25) is 4.79 Å². The Morgan fingerprint density at radius 2 is 1.97 bits per heavy atom. The molecule has 7 heteroatoms. The first-order valence-corrected chi connectivity index (χ1v) is 11.0. The molecule has 0 radical (unpaired) electrons. The molecule has 0 spiro atoms. The molecular weight excluding hydrogens is 406 g/mol. The van der Waals surface area contributed by atoms with E-state index in [1.165, 1.54) is 0 Å². The van der Waals surface area contributed by atoms with Gasteiger partial charge in [-0.05, 0) is 56.5 Å². The van der Waals surface area contributed by atoms with Gasteiger partial charge in [-0.2, -0.15) is 0 Å². The Hall–Kier alpha value is -3.32. The molecule has 1 N–H and O–H groups in total. The van der Waals surface area contributed by atoms with E-state index in [0.29, 0.717) is 18.7 Å². The topological polar surface area (TPSA) is 76.8 Å². The lowest BCUT2D eigenvalue weighted by Crippen LogP contribution is -2.46. The number of carbonyl (C=O) groups is 1. The van der Waals surface area contributed by atoms with Crippen LogP contribution in [0.4, 0.5) is 5.69 Å². The molecule has 0 saturated carbocycles. The Bertz CT molecular complexity index is 1080. The van der Waals surface area contributed by atoms with Crippen molar-refractivity contribution in [3.63, 3.8) is 0 Å². The first-order valence-electron chi connectivity index (χ1n) is 11.0. The SMILES string of the molecule is Cc1noc(C)c1COc1ccc([C@@H]2Nc3ccccc3C(=O)N2C[C@H]2CCCO2)cc1. The number of hydrogen-bond donors (Lipinski definition) is 1. The molecule has 3 heterocycles. The average molecular weight is 434 g/mol. The van der Waals surface area contributed by atoms with E-state index in [1.54, 1.807) is 0 Å². The van der Waals surface area contributed by atoms with Gasteiger partial charge in [0.2, 0.25) is 0 Å². The summed E-state index contributed by atoms with van der Waals surface area (Å²) >= 11 is 0. The fourth-order valence-corrected chi connectivity index (χ4v) is 4.36. The molecule has 0 aliphatic carbocycles. The number of aromatic nitrogens is 1. The largest absolute Gasteiger partial charge is 0.489 e. The van der Waals surface area contributed by atoms with Gasteiger partial charge in [0.15, 0.2) is 0 Å². The van der Waals surface area contributed by atoms with Crippen molar-refractivity contribution in [2.75, 3.05) is 18.5 Å². The molecule has 32 heavy (non-hydrogen) atoms. The highest BCUT2D eigenvalue weighted by molar-refractivity contribution is 6.01. The Kier molecular flexibility index (Phi) is 5.57.